The van der Waals surface area contributed by atoms with Gasteiger partial charge in [-0.1, -0.05) is 111 Å². The first-order chi connectivity index (χ1) is 50.7. The molecule has 0 saturated carbocycles. The van der Waals surface area contributed by atoms with Crippen LogP contribution in [0.15, 0.2) is 194 Å². The van der Waals surface area contributed by atoms with Gasteiger partial charge in [0, 0.05) is 90.3 Å². The number of benzene rings is 6. The molecule has 0 aliphatic carbocycles. The number of pyridine rings is 1. The van der Waals surface area contributed by atoms with Crippen LogP contribution in [-0.2, 0) is 46.3 Å². The molecule has 9 amide bonds. The van der Waals surface area contributed by atoms with Crippen LogP contribution in [0.4, 0.5) is 48.5 Å². The van der Waals surface area contributed by atoms with E-state index < -0.39 is 65.9 Å². The van der Waals surface area contributed by atoms with E-state index in [0.717, 1.165) is 68.9 Å². The topological polar surface area (TPSA) is 408 Å². The fraction of sp³-hybridized carbons (Fsp3) is 0.203. The fourth-order valence-corrected chi connectivity index (χ4v) is 12.2. The van der Waals surface area contributed by atoms with Crippen LogP contribution < -0.4 is 46.1 Å². The molecule has 0 aliphatic heterocycles. The minimum Gasteiger partial charge on any atom is -0.361 e. The Labute approximate surface area is 626 Å². The molecular weight excluding hydrogens is 1460 g/mol. The van der Waals surface area contributed by atoms with E-state index in [-0.39, 0.29) is 32.9 Å². The summed E-state index contributed by atoms with van der Waals surface area (Å²) in [6.07, 6.45) is 4.56. The lowest BCUT2D eigenvalue weighted by atomic mass is 9.92. The number of anilines is 6. The molecule has 10 N–H and O–H groups in total. The molecule has 0 fully saturated rings. The van der Waals surface area contributed by atoms with Gasteiger partial charge >= 0.3 is 18.1 Å². The molecule has 6 aromatic carbocycles. The summed E-state index contributed by atoms with van der Waals surface area (Å²) in [5, 5.41) is 35.0. The first-order valence-corrected chi connectivity index (χ1v) is 39.6. The van der Waals surface area contributed by atoms with E-state index in [1.165, 1.54) is 47.7 Å². The Kier molecular flexibility index (Phi) is 23.0. The van der Waals surface area contributed by atoms with E-state index in [1.54, 1.807) is 80.8 Å². The monoisotopic (exact) mass is 1540 g/mol. The first-order valence-electron chi connectivity index (χ1n) is 33.0. The van der Waals surface area contributed by atoms with Gasteiger partial charge in [0.2, 0.25) is 30.1 Å². The van der Waals surface area contributed by atoms with Crippen molar-refractivity contribution in [2.24, 2.45) is 0 Å². The van der Waals surface area contributed by atoms with E-state index in [2.05, 4.69) is 62.1 Å². The summed E-state index contributed by atoms with van der Waals surface area (Å²) in [5.74, 6) is -0.548. The number of aromatic nitrogens is 9. The average molecular weight is 1540 g/mol. The maximum atomic E-state index is 12.8. The predicted octanol–water partition coefficient (Wildman–Crippen LogP) is 12.7. The summed E-state index contributed by atoms with van der Waals surface area (Å²) in [7, 11) is -11.0. The Hall–Kier alpha value is -12.4. The highest BCUT2D eigenvalue weighted by molar-refractivity contribution is 7.89. The van der Waals surface area contributed by atoms with Crippen molar-refractivity contribution in [1.82, 2.24) is 58.5 Å². The molecule has 34 heteroatoms. The van der Waals surface area contributed by atoms with E-state index >= 15 is 0 Å². The Morgan fingerprint density at radius 3 is 1.24 bits per heavy atom. The molecule has 6 aromatic heterocycles. The predicted molar refractivity (Wildman–Crippen MR) is 419 cm³/mol. The summed E-state index contributed by atoms with van der Waals surface area (Å²) in [5.41, 5.74) is 7.67. The van der Waals surface area contributed by atoms with Crippen LogP contribution in [0.5, 0.6) is 0 Å². The second-order valence-corrected chi connectivity index (χ2v) is 33.9. The van der Waals surface area contributed by atoms with Crippen molar-refractivity contribution in [3.63, 3.8) is 0 Å². The molecule has 12 rings (SSSR count). The van der Waals surface area contributed by atoms with Crippen LogP contribution in [0.1, 0.15) is 110 Å². The van der Waals surface area contributed by atoms with Gasteiger partial charge in [0.25, 0.3) is 17.7 Å². The Morgan fingerprint density at radius 1 is 0.407 bits per heavy atom. The van der Waals surface area contributed by atoms with Crippen LogP contribution in [0, 0.1) is 0 Å². The minimum absolute atomic E-state index is 0.169. The summed E-state index contributed by atoms with van der Waals surface area (Å²) in [6, 6.07) is 50.9. The molecule has 0 bridgehead atoms. The van der Waals surface area contributed by atoms with Gasteiger partial charge in [0.05, 0.1) is 64.1 Å². The maximum Gasteiger partial charge on any atom is 0.326 e. The van der Waals surface area contributed by atoms with E-state index in [0.29, 0.717) is 51.2 Å². The third-order valence-corrected chi connectivity index (χ3v) is 18.0. The van der Waals surface area contributed by atoms with Gasteiger partial charge in [0.15, 0.2) is 5.13 Å². The van der Waals surface area contributed by atoms with Crippen molar-refractivity contribution in [2.75, 3.05) is 50.7 Å². The molecule has 0 aliphatic rings. The van der Waals surface area contributed by atoms with Gasteiger partial charge in [-0.05, 0) is 115 Å². The van der Waals surface area contributed by atoms with Crippen LogP contribution in [0.2, 0.25) is 0 Å². The zero-order valence-corrected chi connectivity index (χ0v) is 63.9. The summed E-state index contributed by atoms with van der Waals surface area (Å²) in [4.78, 5) is 86.9. The highest BCUT2D eigenvalue weighted by atomic mass is 32.2. The number of amides is 9. The zero-order chi connectivity index (χ0) is 78.3. The highest BCUT2D eigenvalue weighted by Crippen LogP contribution is 2.32. The quantitative estimate of drug-likeness (QED) is 0.0429. The number of para-hydroxylation sites is 1. The van der Waals surface area contributed by atoms with Gasteiger partial charge in [-0.3, -0.25) is 41.0 Å². The van der Waals surface area contributed by atoms with Crippen molar-refractivity contribution in [1.29, 1.82) is 0 Å². The number of nitrogens with zero attached hydrogens (tertiary/aromatic N) is 8. The molecule has 0 spiro atoms. The number of fused-ring (bicyclic) bond motifs is 2. The van der Waals surface area contributed by atoms with Crippen molar-refractivity contribution >= 4 is 133 Å². The normalized spacial score (nSPS) is 11.8. The molecule has 12 aromatic rings. The number of nitrogens with one attached hydrogen (secondary N) is 10. The number of H-pyrrole nitrogens is 1. The smallest absolute Gasteiger partial charge is 0.326 e. The van der Waals surface area contributed by atoms with Gasteiger partial charge in [0.1, 0.15) is 23.3 Å². The lowest BCUT2D eigenvalue weighted by Crippen LogP contribution is -2.29. The lowest BCUT2D eigenvalue weighted by molar-refractivity contribution is 0.0972. The zero-order valence-electron chi connectivity index (χ0n) is 60.6. The van der Waals surface area contributed by atoms with E-state index in [1.807, 2.05) is 167 Å². The number of urea groups is 3. The Balaban J connectivity index is 0.000000173. The first kappa shape index (κ1) is 78.2. The molecule has 0 saturated heterocycles. The minimum atomic E-state index is -3.68. The molecule has 0 unspecified atom stereocenters. The Bertz CT molecular complexity index is 5720. The Morgan fingerprint density at radius 2 is 0.815 bits per heavy atom. The number of carbonyl (C=O) groups excluding carboxylic acids is 6. The van der Waals surface area contributed by atoms with Crippen LogP contribution in [0.3, 0.4) is 0 Å². The van der Waals surface area contributed by atoms with Gasteiger partial charge in [-0.15, -0.1) is 11.3 Å². The number of carbonyl (C=O) groups is 6. The number of hydrogen-bond acceptors (Lipinski definition) is 18. The number of rotatable bonds is 16. The largest absolute Gasteiger partial charge is 0.361 e. The lowest BCUT2D eigenvalue weighted by Gasteiger charge is -2.14. The van der Waals surface area contributed by atoms with Crippen LogP contribution in [0.25, 0.3) is 50.1 Å². The van der Waals surface area contributed by atoms with E-state index in [9.17, 15) is 54.0 Å². The van der Waals surface area contributed by atoms with Gasteiger partial charge in [-0.2, -0.15) is 15.3 Å². The fourth-order valence-electron chi connectivity index (χ4n) is 10.2. The van der Waals surface area contributed by atoms with Crippen LogP contribution in [-0.4, -0.2) is 124 Å². The van der Waals surface area contributed by atoms with Crippen molar-refractivity contribution in [2.45, 2.75) is 78.6 Å². The van der Waals surface area contributed by atoms with Gasteiger partial charge in [-0.25, -0.2) is 77.8 Å². The molecule has 6 heterocycles. The summed E-state index contributed by atoms with van der Waals surface area (Å²) < 4.78 is 78.5. The standard InChI is InChI=1S/C25H26N6O4S2.C25H26N6O4S.C24H26N6O4S/c1-25(2,3)20-14-21(27-23(33)28-24-26-19(15-36-24)16-8-6-5-7-9-16)31(29-20)18-12-10-17(11-13-18)22(32)30-37(4,34)35;1-25(2,3)20-15-22(28-24(33)27-21-14-11-16-7-5-6-8-19(16)26-21)31(29-20)18-12-9-17(10-13-18)23(32)30-36(4,34)35;1-24(2,3)20-14-21(27-23(32)26-17-7-10-19-16(13-17)11-12-25-19)30(28-20)18-8-5-15(6-9-18)22(31)29-35(4,33)34/h5-15H,1-4H3,(H,30,32)(H2,26,27,28,33);5-15H,1-4H3,(H,30,32)(H2,26,27,28,33);5-14,25H,1-4H3,(H,29,31)(H2,26,27,32). The van der Waals surface area contributed by atoms with Crippen molar-refractivity contribution in [3.05, 3.63) is 227 Å². The number of aromatic amines is 1. The summed E-state index contributed by atoms with van der Waals surface area (Å²) in [6.45, 7) is 18.0. The second kappa shape index (κ2) is 31.7. The summed E-state index contributed by atoms with van der Waals surface area (Å²) >= 11 is 1.32. The third-order valence-electron chi connectivity index (χ3n) is 15.6. The number of thiazole rings is 1. The van der Waals surface area contributed by atoms with E-state index in [4.69, 9.17) is 0 Å². The van der Waals surface area contributed by atoms with Crippen molar-refractivity contribution in [3.8, 4) is 28.3 Å². The van der Waals surface area contributed by atoms with Gasteiger partial charge < -0.3 is 10.3 Å². The third kappa shape index (κ3) is 21.2. The molecule has 0 atom stereocenters. The van der Waals surface area contributed by atoms with Crippen molar-refractivity contribution < 1.29 is 54.0 Å². The number of hydrogen-bond donors (Lipinski definition) is 10. The average Bonchev–Trinajstić information content (AvgIpc) is 1.63. The highest BCUT2D eigenvalue weighted by Gasteiger charge is 2.27. The molecular formula is C74H78N18O12S4. The van der Waals surface area contributed by atoms with Crippen LogP contribution >= 0.6 is 11.3 Å². The molecule has 30 nitrogen and oxygen atoms in total. The SMILES string of the molecule is CC(C)(C)c1cc(NC(=O)Nc2ccc3[nH]ccc3c2)n(-c2ccc(C(=O)NS(C)(=O)=O)cc2)n1.CC(C)(C)c1cc(NC(=O)Nc2ccc3ccccc3n2)n(-c2ccc(C(=O)NS(C)(=O)=O)cc2)n1.CC(C)(C)c1cc(NC(=O)Nc2nc(-c3ccccc3)cs2)n(-c2ccc(C(=O)NS(C)(=O)=O)cc2)n1. The molecule has 560 valence electrons. The maximum absolute atomic E-state index is 12.8. The molecule has 108 heavy (non-hydrogen) atoms. The molecule has 0 radical (unpaired) electrons. The second-order valence-electron chi connectivity index (χ2n) is 27.8. The number of sulfonamides is 3.